The third-order valence-corrected chi connectivity index (χ3v) is 4.45. The van der Waals surface area contributed by atoms with Crippen molar-refractivity contribution in [3.05, 3.63) is 36.4 Å². The number of para-hydroxylation sites is 1. The molecule has 1 saturated heterocycles. The molecule has 0 amide bonds. The van der Waals surface area contributed by atoms with Gasteiger partial charge in [0.25, 0.3) is 0 Å². The molecule has 140 valence electrons. The molecule has 0 radical (unpaired) electrons. The van der Waals surface area contributed by atoms with E-state index in [1.54, 1.807) is 13.2 Å². The quantitative estimate of drug-likeness (QED) is 0.731. The smallest absolute Gasteiger partial charge is 0.157 e. The van der Waals surface area contributed by atoms with Gasteiger partial charge in [0.15, 0.2) is 11.6 Å². The number of halogens is 1. The Labute approximate surface area is 153 Å². The predicted molar refractivity (Wildman–Crippen MR) is 102 cm³/mol. The topological polar surface area (TPSA) is 79.5 Å². The number of nitrogens with one attached hydrogen (secondary N) is 1. The summed E-state index contributed by atoms with van der Waals surface area (Å²) in [5, 5.41) is 3.23. The zero-order chi connectivity index (χ0) is 18.4. The Bertz CT molecular complexity index is 721. The van der Waals surface area contributed by atoms with E-state index in [1.807, 2.05) is 17.0 Å². The number of rotatable bonds is 7. The van der Waals surface area contributed by atoms with Crippen molar-refractivity contribution in [2.24, 2.45) is 0 Å². The summed E-state index contributed by atoms with van der Waals surface area (Å²) in [4.78, 5) is 12.8. The van der Waals surface area contributed by atoms with Crippen LogP contribution in [-0.2, 0) is 4.74 Å². The van der Waals surface area contributed by atoms with Crippen molar-refractivity contribution < 1.29 is 9.13 Å². The first-order valence-corrected chi connectivity index (χ1v) is 8.78. The number of anilines is 4. The van der Waals surface area contributed by atoms with E-state index in [9.17, 15) is 4.39 Å². The summed E-state index contributed by atoms with van der Waals surface area (Å²) in [5.41, 5.74) is 7.45. The van der Waals surface area contributed by atoms with Crippen molar-refractivity contribution in [3.8, 4) is 0 Å². The molecule has 1 fully saturated rings. The van der Waals surface area contributed by atoms with Crippen molar-refractivity contribution in [3.63, 3.8) is 0 Å². The fraction of sp³-hybridized carbons (Fsp3) is 0.444. The van der Waals surface area contributed by atoms with Crippen LogP contribution in [0.2, 0.25) is 0 Å². The first-order valence-electron chi connectivity index (χ1n) is 8.78. The molecule has 1 aliphatic rings. The summed E-state index contributed by atoms with van der Waals surface area (Å²) < 4.78 is 19.0. The molecule has 0 spiro atoms. The number of ether oxygens (including phenoxy) is 1. The van der Waals surface area contributed by atoms with Crippen LogP contribution < -0.4 is 20.9 Å². The van der Waals surface area contributed by atoms with Crippen LogP contribution in [0.3, 0.4) is 0 Å². The van der Waals surface area contributed by atoms with Gasteiger partial charge in [0.05, 0.1) is 5.69 Å². The number of methoxy groups -OCH3 is 1. The molecular formula is C18H25FN6O. The molecule has 8 heteroatoms. The molecule has 7 nitrogen and oxygen atoms in total. The molecule has 0 atom stereocenters. The Morgan fingerprint density at radius 1 is 1.15 bits per heavy atom. The predicted octanol–water partition coefficient (Wildman–Crippen LogP) is 1.97. The highest BCUT2D eigenvalue weighted by Gasteiger charge is 2.22. The SMILES string of the molecule is COCCCNc1ncnc(N2CCN(c3ccccc3F)CC2)c1N. The van der Waals surface area contributed by atoms with Gasteiger partial charge in [-0.05, 0) is 18.6 Å². The number of nitrogens with zero attached hydrogens (tertiary/aromatic N) is 4. The first kappa shape index (κ1) is 18.2. The molecule has 0 aliphatic carbocycles. The highest BCUT2D eigenvalue weighted by Crippen LogP contribution is 2.28. The van der Waals surface area contributed by atoms with Crippen LogP contribution in [0.1, 0.15) is 6.42 Å². The van der Waals surface area contributed by atoms with E-state index in [0.717, 1.165) is 31.9 Å². The van der Waals surface area contributed by atoms with Crippen molar-refractivity contribution in [2.45, 2.75) is 6.42 Å². The van der Waals surface area contributed by atoms with Gasteiger partial charge in [-0.2, -0.15) is 0 Å². The van der Waals surface area contributed by atoms with Gasteiger partial charge >= 0.3 is 0 Å². The summed E-state index contributed by atoms with van der Waals surface area (Å²) in [6.45, 7) is 4.28. The first-order chi connectivity index (χ1) is 12.7. The van der Waals surface area contributed by atoms with Crippen LogP contribution in [-0.4, -0.2) is 56.4 Å². The molecule has 26 heavy (non-hydrogen) atoms. The summed E-state index contributed by atoms with van der Waals surface area (Å²) >= 11 is 0. The Morgan fingerprint density at radius 2 is 1.88 bits per heavy atom. The lowest BCUT2D eigenvalue weighted by molar-refractivity contribution is 0.198. The standard InChI is InChI=1S/C18H25FN6O/c1-26-12-4-7-21-17-16(20)18(23-13-22-17)25-10-8-24(9-11-25)15-6-3-2-5-14(15)19/h2-3,5-6,13H,4,7-12,20H2,1H3,(H,21,22,23). The number of nitrogen functional groups attached to an aromatic ring is 1. The minimum Gasteiger partial charge on any atom is -0.393 e. The molecule has 0 unspecified atom stereocenters. The molecule has 0 bridgehead atoms. The minimum absolute atomic E-state index is 0.190. The van der Waals surface area contributed by atoms with Crippen molar-refractivity contribution in [2.75, 3.05) is 67.3 Å². The maximum atomic E-state index is 14.0. The lowest BCUT2D eigenvalue weighted by Crippen LogP contribution is -2.47. The minimum atomic E-state index is -0.190. The molecule has 2 heterocycles. The molecule has 2 aromatic rings. The molecule has 1 aromatic carbocycles. The van der Waals surface area contributed by atoms with Gasteiger partial charge in [0.1, 0.15) is 17.8 Å². The fourth-order valence-electron chi connectivity index (χ4n) is 3.07. The highest BCUT2D eigenvalue weighted by molar-refractivity contribution is 5.75. The van der Waals surface area contributed by atoms with Gasteiger partial charge < -0.3 is 25.6 Å². The third-order valence-electron chi connectivity index (χ3n) is 4.45. The zero-order valence-corrected chi connectivity index (χ0v) is 15.0. The summed E-state index contributed by atoms with van der Waals surface area (Å²) in [5.74, 6) is 1.18. The van der Waals surface area contributed by atoms with E-state index < -0.39 is 0 Å². The Hall–Kier alpha value is -2.61. The van der Waals surface area contributed by atoms with Crippen LogP contribution in [0.4, 0.5) is 27.4 Å². The van der Waals surface area contributed by atoms with Gasteiger partial charge in [-0.15, -0.1) is 0 Å². The van der Waals surface area contributed by atoms with E-state index in [-0.39, 0.29) is 5.82 Å². The van der Waals surface area contributed by atoms with E-state index in [2.05, 4.69) is 20.2 Å². The maximum Gasteiger partial charge on any atom is 0.157 e. The third kappa shape index (κ3) is 4.13. The Balaban J connectivity index is 1.63. The van der Waals surface area contributed by atoms with E-state index >= 15 is 0 Å². The van der Waals surface area contributed by atoms with Crippen molar-refractivity contribution in [1.29, 1.82) is 0 Å². The monoisotopic (exact) mass is 360 g/mol. The summed E-state index contributed by atoms with van der Waals surface area (Å²) in [6, 6.07) is 6.87. The summed E-state index contributed by atoms with van der Waals surface area (Å²) in [7, 11) is 1.68. The van der Waals surface area contributed by atoms with E-state index in [4.69, 9.17) is 10.5 Å². The number of nitrogens with two attached hydrogens (primary N) is 1. The van der Waals surface area contributed by atoms with Crippen LogP contribution in [0.15, 0.2) is 30.6 Å². The van der Waals surface area contributed by atoms with E-state index in [0.29, 0.717) is 36.9 Å². The normalized spacial score (nSPS) is 14.5. The molecule has 3 N–H and O–H groups in total. The second-order valence-corrected chi connectivity index (χ2v) is 6.16. The molecule has 3 rings (SSSR count). The van der Waals surface area contributed by atoms with Gasteiger partial charge in [-0.25, -0.2) is 14.4 Å². The van der Waals surface area contributed by atoms with Crippen molar-refractivity contribution >= 4 is 23.0 Å². The maximum absolute atomic E-state index is 14.0. The molecule has 0 saturated carbocycles. The average Bonchev–Trinajstić information content (AvgIpc) is 2.67. The largest absolute Gasteiger partial charge is 0.393 e. The van der Waals surface area contributed by atoms with Crippen LogP contribution >= 0.6 is 0 Å². The number of hydrogen-bond donors (Lipinski definition) is 2. The van der Waals surface area contributed by atoms with Crippen molar-refractivity contribution in [1.82, 2.24) is 9.97 Å². The second kappa shape index (κ2) is 8.66. The zero-order valence-electron chi connectivity index (χ0n) is 15.0. The summed E-state index contributed by atoms with van der Waals surface area (Å²) in [6.07, 6.45) is 2.39. The lowest BCUT2D eigenvalue weighted by atomic mass is 10.2. The van der Waals surface area contributed by atoms with Gasteiger partial charge in [-0.1, -0.05) is 12.1 Å². The fourth-order valence-corrected chi connectivity index (χ4v) is 3.07. The number of aromatic nitrogens is 2. The van der Waals surface area contributed by atoms with Crippen LogP contribution in [0.5, 0.6) is 0 Å². The second-order valence-electron chi connectivity index (χ2n) is 6.16. The Kier molecular flexibility index (Phi) is 6.06. The molecule has 1 aliphatic heterocycles. The van der Waals surface area contributed by atoms with E-state index in [1.165, 1.54) is 12.4 Å². The van der Waals surface area contributed by atoms with Crippen LogP contribution in [0.25, 0.3) is 0 Å². The lowest BCUT2D eigenvalue weighted by Gasteiger charge is -2.37. The molecule has 1 aromatic heterocycles. The van der Waals surface area contributed by atoms with Gasteiger partial charge in [0.2, 0.25) is 0 Å². The van der Waals surface area contributed by atoms with Crippen LogP contribution in [0, 0.1) is 5.82 Å². The van der Waals surface area contributed by atoms with Gasteiger partial charge in [0, 0.05) is 46.4 Å². The Morgan fingerprint density at radius 3 is 2.62 bits per heavy atom. The molecular weight excluding hydrogens is 335 g/mol. The van der Waals surface area contributed by atoms with Gasteiger partial charge in [-0.3, -0.25) is 0 Å². The number of hydrogen-bond acceptors (Lipinski definition) is 7. The highest BCUT2D eigenvalue weighted by atomic mass is 19.1. The number of piperazine rings is 1. The number of benzene rings is 1. The average molecular weight is 360 g/mol.